The highest BCUT2D eigenvalue weighted by Crippen LogP contribution is 2.44. The number of nitrogens with zero attached hydrogens (tertiary/aromatic N) is 5. The van der Waals surface area contributed by atoms with Crippen molar-refractivity contribution < 1.29 is 23.8 Å². The SMILES string of the molecule is CC1(c2ncc(Cl)cc2F)C=Cc2cccc(C3CCN(Cc4nc5ccc(C(=O)O)nc5n4CC4CCO4)CC3)c2O1. The van der Waals surface area contributed by atoms with E-state index in [0.717, 1.165) is 61.7 Å². The summed E-state index contributed by atoms with van der Waals surface area (Å²) >= 11 is 5.95. The molecule has 7 rings (SSSR count). The van der Waals surface area contributed by atoms with E-state index in [1.165, 1.54) is 18.3 Å². The third-order valence-corrected chi connectivity index (χ3v) is 8.92. The van der Waals surface area contributed by atoms with E-state index in [1.54, 1.807) is 6.07 Å². The number of likely N-dealkylation sites (tertiary alicyclic amines) is 1. The van der Waals surface area contributed by atoms with Crippen LogP contribution in [0.3, 0.4) is 0 Å². The highest BCUT2D eigenvalue weighted by Gasteiger charge is 2.36. The maximum absolute atomic E-state index is 14.9. The molecule has 3 aromatic heterocycles. The number of carboxylic acids is 1. The molecule has 3 aliphatic heterocycles. The zero-order valence-electron chi connectivity index (χ0n) is 23.7. The van der Waals surface area contributed by atoms with Crippen molar-refractivity contribution in [3.63, 3.8) is 0 Å². The predicted molar refractivity (Wildman–Crippen MR) is 159 cm³/mol. The van der Waals surface area contributed by atoms with E-state index in [9.17, 15) is 14.3 Å². The fourth-order valence-electron chi connectivity index (χ4n) is 6.26. The normalized spacial score (nSPS) is 22.3. The largest absolute Gasteiger partial charge is 0.477 e. The number of piperidine rings is 1. The van der Waals surface area contributed by atoms with Crippen LogP contribution in [0.1, 0.15) is 65.2 Å². The first-order valence-corrected chi connectivity index (χ1v) is 14.9. The summed E-state index contributed by atoms with van der Waals surface area (Å²) in [5.41, 5.74) is 2.49. The number of rotatable bonds is 7. The summed E-state index contributed by atoms with van der Waals surface area (Å²) in [6, 6.07) is 10.6. The van der Waals surface area contributed by atoms with Crippen molar-refractivity contribution in [3.8, 4) is 5.75 Å². The number of aromatic nitrogens is 4. The van der Waals surface area contributed by atoms with Gasteiger partial charge in [-0.05, 0) is 75.0 Å². The van der Waals surface area contributed by atoms with Crippen LogP contribution >= 0.6 is 11.6 Å². The van der Waals surface area contributed by atoms with Crippen LogP contribution in [0, 0.1) is 5.82 Å². The Kier molecular flexibility index (Phi) is 7.15. The Morgan fingerprint density at radius 3 is 2.72 bits per heavy atom. The summed E-state index contributed by atoms with van der Waals surface area (Å²) in [5, 5.41) is 9.72. The summed E-state index contributed by atoms with van der Waals surface area (Å²) in [6.45, 7) is 5.49. The molecular formula is C32H31ClFN5O4. The Bertz CT molecular complexity index is 1750. The van der Waals surface area contributed by atoms with Gasteiger partial charge in [0.15, 0.2) is 22.8 Å². The number of imidazole rings is 1. The zero-order valence-corrected chi connectivity index (χ0v) is 24.4. The van der Waals surface area contributed by atoms with E-state index in [0.29, 0.717) is 24.3 Å². The molecule has 6 heterocycles. The summed E-state index contributed by atoms with van der Waals surface area (Å²) in [6.07, 6.45) is 8.14. The molecule has 43 heavy (non-hydrogen) atoms. The van der Waals surface area contributed by atoms with E-state index >= 15 is 0 Å². The average Bonchev–Trinajstić information content (AvgIpc) is 3.30. The van der Waals surface area contributed by atoms with Crippen LogP contribution < -0.4 is 4.74 Å². The van der Waals surface area contributed by atoms with Crippen molar-refractivity contribution >= 4 is 34.8 Å². The van der Waals surface area contributed by atoms with Crippen LogP contribution in [0.5, 0.6) is 5.75 Å². The third kappa shape index (κ3) is 5.28. The van der Waals surface area contributed by atoms with Crippen molar-refractivity contribution in [2.75, 3.05) is 19.7 Å². The second-order valence-corrected chi connectivity index (χ2v) is 12.0. The molecule has 0 spiro atoms. The van der Waals surface area contributed by atoms with Gasteiger partial charge in [0.05, 0.1) is 24.2 Å². The van der Waals surface area contributed by atoms with Crippen molar-refractivity contribution in [1.82, 2.24) is 24.4 Å². The smallest absolute Gasteiger partial charge is 0.354 e. The maximum Gasteiger partial charge on any atom is 0.354 e. The second-order valence-electron chi connectivity index (χ2n) is 11.6. The molecule has 0 amide bonds. The summed E-state index contributed by atoms with van der Waals surface area (Å²) < 4.78 is 29.1. The molecule has 0 bridgehead atoms. The van der Waals surface area contributed by atoms with E-state index in [2.05, 4.69) is 20.9 Å². The van der Waals surface area contributed by atoms with Gasteiger partial charge in [0.25, 0.3) is 0 Å². The summed E-state index contributed by atoms with van der Waals surface area (Å²) in [7, 11) is 0. The number of carboxylic acid groups (broad SMARTS) is 1. The van der Waals surface area contributed by atoms with Crippen LogP contribution in [0.25, 0.3) is 17.2 Å². The second kappa shape index (κ2) is 11.0. The standard InChI is InChI=1S/C32H31ClFN5O4/c1-32(29-24(34)15-21(33)16-35-29)11-7-20-3-2-4-23(28(20)43-32)19-8-12-38(13-9-19)18-27-36-25-5-6-26(31(40)41)37-30(25)39(27)17-22-10-14-42-22/h2-7,11,15-16,19,22H,8-10,12-14,17-18H2,1H3,(H,40,41). The van der Waals surface area contributed by atoms with Crippen molar-refractivity contribution in [1.29, 1.82) is 0 Å². The minimum atomic E-state index is -1.06. The summed E-state index contributed by atoms with van der Waals surface area (Å²) in [4.78, 5) is 27.5. The molecule has 222 valence electrons. The predicted octanol–water partition coefficient (Wildman–Crippen LogP) is 5.81. The lowest BCUT2D eigenvalue weighted by Crippen LogP contribution is -2.36. The molecular weight excluding hydrogens is 573 g/mol. The number of benzene rings is 1. The fourth-order valence-corrected chi connectivity index (χ4v) is 6.41. The van der Waals surface area contributed by atoms with Crippen molar-refractivity contribution in [3.05, 3.63) is 87.9 Å². The number of para-hydroxylation sites is 1. The number of fused-ring (bicyclic) bond motifs is 2. The molecule has 2 fully saturated rings. The van der Waals surface area contributed by atoms with E-state index < -0.39 is 17.4 Å². The molecule has 0 saturated carbocycles. The highest BCUT2D eigenvalue weighted by atomic mass is 35.5. The topological polar surface area (TPSA) is 103 Å². The van der Waals surface area contributed by atoms with Crippen LogP contribution in [-0.2, 0) is 23.4 Å². The lowest BCUT2D eigenvalue weighted by Gasteiger charge is -2.36. The lowest BCUT2D eigenvalue weighted by atomic mass is 9.86. The Labute approximate surface area is 252 Å². The van der Waals surface area contributed by atoms with E-state index in [-0.39, 0.29) is 28.4 Å². The number of hydrogen-bond donors (Lipinski definition) is 1. The highest BCUT2D eigenvalue weighted by molar-refractivity contribution is 6.30. The van der Waals surface area contributed by atoms with Crippen molar-refractivity contribution in [2.24, 2.45) is 0 Å². The Morgan fingerprint density at radius 2 is 2.00 bits per heavy atom. The number of pyridine rings is 2. The Morgan fingerprint density at radius 1 is 1.19 bits per heavy atom. The lowest BCUT2D eigenvalue weighted by molar-refractivity contribution is -0.0593. The van der Waals surface area contributed by atoms with Crippen LogP contribution in [-0.4, -0.2) is 61.3 Å². The van der Waals surface area contributed by atoms with Crippen molar-refractivity contribution in [2.45, 2.75) is 56.9 Å². The number of hydrogen-bond acceptors (Lipinski definition) is 7. The number of aromatic carboxylic acids is 1. The minimum absolute atomic E-state index is 0.00415. The zero-order chi connectivity index (χ0) is 29.7. The van der Waals surface area contributed by atoms with Gasteiger partial charge in [0.2, 0.25) is 0 Å². The van der Waals surface area contributed by atoms with E-state index in [4.69, 9.17) is 26.1 Å². The molecule has 0 aliphatic carbocycles. The van der Waals surface area contributed by atoms with Gasteiger partial charge in [-0.2, -0.15) is 0 Å². The van der Waals surface area contributed by atoms with Gasteiger partial charge in [0.1, 0.15) is 22.8 Å². The average molecular weight is 604 g/mol. The van der Waals surface area contributed by atoms with Gasteiger partial charge in [0, 0.05) is 18.4 Å². The fraction of sp³-hybridized carbons (Fsp3) is 0.375. The van der Waals surface area contributed by atoms with Gasteiger partial charge in [-0.15, -0.1) is 0 Å². The molecule has 2 atom stereocenters. The molecule has 1 aromatic carbocycles. The molecule has 3 aliphatic rings. The van der Waals surface area contributed by atoms with Gasteiger partial charge >= 0.3 is 5.97 Å². The third-order valence-electron chi connectivity index (χ3n) is 8.71. The first kappa shape index (κ1) is 27.9. The van der Waals surface area contributed by atoms with Crippen LogP contribution in [0.15, 0.2) is 48.7 Å². The molecule has 0 radical (unpaired) electrons. The minimum Gasteiger partial charge on any atom is -0.477 e. The summed E-state index contributed by atoms with van der Waals surface area (Å²) in [5.74, 6) is 0.336. The van der Waals surface area contributed by atoms with Gasteiger partial charge in [-0.3, -0.25) is 9.88 Å². The molecule has 4 aromatic rings. The quantitative estimate of drug-likeness (QED) is 0.282. The van der Waals surface area contributed by atoms with Gasteiger partial charge in [-0.25, -0.2) is 19.2 Å². The van der Waals surface area contributed by atoms with Crippen LogP contribution in [0.4, 0.5) is 4.39 Å². The molecule has 2 unspecified atom stereocenters. The molecule has 11 heteroatoms. The number of halogens is 2. The van der Waals surface area contributed by atoms with Crippen LogP contribution in [0.2, 0.25) is 5.02 Å². The van der Waals surface area contributed by atoms with Gasteiger partial charge in [-0.1, -0.05) is 35.9 Å². The van der Waals surface area contributed by atoms with E-state index in [1.807, 2.05) is 35.8 Å². The number of ether oxygens (including phenoxy) is 2. The monoisotopic (exact) mass is 603 g/mol. The number of carbonyl (C=O) groups is 1. The Balaban J connectivity index is 1.09. The first-order valence-electron chi connectivity index (χ1n) is 14.5. The molecule has 2 saturated heterocycles. The first-order chi connectivity index (χ1) is 20.8. The Hall–Kier alpha value is -3.86. The molecule has 9 nitrogen and oxygen atoms in total. The maximum atomic E-state index is 14.9. The van der Waals surface area contributed by atoms with Gasteiger partial charge < -0.3 is 19.1 Å². The molecule has 1 N–H and O–H groups in total.